The molecule has 2 aliphatic rings. The first-order chi connectivity index (χ1) is 20.3. The average Bonchev–Trinajstić information content (AvgIpc) is 2.91. The Morgan fingerprint density at radius 3 is 2.02 bits per heavy atom. The highest BCUT2D eigenvalue weighted by Gasteiger charge is 2.74. The third-order valence-corrected chi connectivity index (χ3v) is 10.0. The SMILES string of the molecule is C=C(C)[C@H](CC=C(C)C)C[C@]12C[C@H](CC=C(C)C)C(C)(C)[C@](CC=C(C)C)(C(=O)C(=C(O)c3ccc(O)c(O)c3)C1=O)C2=O. The van der Waals surface area contributed by atoms with Crippen molar-refractivity contribution in [2.45, 2.75) is 94.4 Å². The van der Waals surface area contributed by atoms with E-state index in [1.165, 1.54) is 12.1 Å². The van der Waals surface area contributed by atoms with Crippen LogP contribution in [0, 0.1) is 28.1 Å². The molecule has 3 rings (SSSR count). The molecular formula is C38H50O6. The van der Waals surface area contributed by atoms with Crippen LogP contribution in [-0.2, 0) is 14.4 Å². The number of hydrogen-bond donors (Lipinski definition) is 3. The van der Waals surface area contributed by atoms with Gasteiger partial charge in [0.2, 0.25) is 0 Å². The highest BCUT2D eigenvalue weighted by molar-refractivity contribution is 6.41. The van der Waals surface area contributed by atoms with Gasteiger partial charge in [0.1, 0.15) is 16.7 Å². The van der Waals surface area contributed by atoms with Gasteiger partial charge in [0.05, 0.1) is 5.41 Å². The molecule has 2 fully saturated rings. The number of aliphatic hydroxyl groups excluding tert-OH is 1. The van der Waals surface area contributed by atoms with Crippen LogP contribution in [0.4, 0.5) is 0 Å². The Balaban J connectivity index is 2.47. The molecule has 238 valence electrons. The molecule has 0 radical (unpaired) electrons. The minimum Gasteiger partial charge on any atom is -0.506 e. The van der Waals surface area contributed by atoms with E-state index in [9.17, 15) is 24.9 Å². The summed E-state index contributed by atoms with van der Waals surface area (Å²) in [5.41, 5.74) is -0.453. The number of carbonyl (C=O) groups is 3. The van der Waals surface area contributed by atoms with Gasteiger partial charge in [-0.05, 0) is 116 Å². The molecule has 2 bridgehead atoms. The van der Waals surface area contributed by atoms with Crippen molar-refractivity contribution in [1.29, 1.82) is 0 Å². The van der Waals surface area contributed by atoms with Crippen molar-refractivity contribution in [2.75, 3.05) is 0 Å². The van der Waals surface area contributed by atoms with Crippen molar-refractivity contribution < 1.29 is 29.7 Å². The first-order valence-corrected chi connectivity index (χ1v) is 15.5. The first-order valence-electron chi connectivity index (χ1n) is 15.5. The molecule has 0 unspecified atom stereocenters. The number of fused-ring (bicyclic) bond motifs is 2. The maximum atomic E-state index is 15.2. The van der Waals surface area contributed by atoms with Crippen LogP contribution in [0.5, 0.6) is 11.5 Å². The molecule has 0 aromatic heterocycles. The Bertz CT molecular complexity index is 1490. The van der Waals surface area contributed by atoms with Gasteiger partial charge in [0.25, 0.3) is 0 Å². The predicted octanol–water partition coefficient (Wildman–Crippen LogP) is 8.76. The number of hydrogen-bond acceptors (Lipinski definition) is 6. The van der Waals surface area contributed by atoms with Crippen molar-refractivity contribution in [3.63, 3.8) is 0 Å². The Labute approximate surface area is 263 Å². The monoisotopic (exact) mass is 602 g/mol. The lowest BCUT2D eigenvalue weighted by Crippen LogP contribution is -2.69. The summed E-state index contributed by atoms with van der Waals surface area (Å²) in [6.07, 6.45) is 7.79. The second-order valence-electron chi connectivity index (χ2n) is 14.3. The number of phenolic OH excluding ortho intramolecular Hbond substituents is 2. The Kier molecular flexibility index (Phi) is 10.1. The second kappa shape index (κ2) is 12.7. The van der Waals surface area contributed by atoms with Crippen LogP contribution in [0.2, 0.25) is 0 Å². The maximum absolute atomic E-state index is 15.2. The first kappa shape index (κ1) is 34.8. The standard InChI is InChI=1S/C38H50O6/c1-22(2)11-13-27(25(7)8)20-37-21-28(15-12-23(3)4)36(9,10)38(35(37)44,18-17-24(5)6)34(43)31(33(37)42)32(41)26-14-16-29(39)30(40)19-26/h11-12,14,16-17,19,27-28,39-41H,7,13,15,18,20-21H2,1-6,8-10H3/t27-,28+,37+,38-/m1/s1. The lowest BCUT2D eigenvalue weighted by atomic mass is 9.38. The van der Waals surface area contributed by atoms with Gasteiger partial charge in [-0.15, -0.1) is 0 Å². The van der Waals surface area contributed by atoms with Gasteiger partial charge in [-0.3, -0.25) is 14.4 Å². The maximum Gasteiger partial charge on any atom is 0.184 e. The normalized spacial score (nSPS) is 26.0. The molecule has 0 saturated heterocycles. The fraction of sp³-hybridized carbons (Fsp3) is 0.500. The van der Waals surface area contributed by atoms with Gasteiger partial charge in [-0.2, -0.15) is 0 Å². The van der Waals surface area contributed by atoms with E-state index in [0.29, 0.717) is 12.8 Å². The summed E-state index contributed by atoms with van der Waals surface area (Å²) < 4.78 is 0. The molecule has 44 heavy (non-hydrogen) atoms. The van der Waals surface area contributed by atoms with Crippen LogP contribution < -0.4 is 0 Å². The summed E-state index contributed by atoms with van der Waals surface area (Å²) in [5, 5.41) is 31.7. The minimum absolute atomic E-state index is 0.0110. The van der Waals surface area contributed by atoms with Gasteiger partial charge in [-0.25, -0.2) is 0 Å². The molecule has 6 nitrogen and oxygen atoms in total. The largest absolute Gasteiger partial charge is 0.506 e. The molecule has 0 amide bonds. The zero-order chi connectivity index (χ0) is 33.4. The Morgan fingerprint density at radius 2 is 1.50 bits per heavy atom. The summed E-state index contributed by atoms with van der Waals surface area (Å²) in [7, 11) is 0. The van der Waals surface area contributed by atoms with E-state index in [1.807, 2.05) is 68.4 Å². The molecule has 1 aromatic carbocycles. The van der Waals surface area contributed by atoms with Crippen LogP contribution >= 0.6 is 0 Å². The van der Waals surface area contributed by atoms with E-state index < -0.39 is 50.6 Å². The number of benzene rings is 1. The molecule has 4 atom stereocenters. The van der Waals surface area contributed by atoms with Gasteiger partial charge in [0, 0.05) is 5.56 Å². The summed E-state index contributed by atoms with van der Waals surface area (Å²) in [6, 6.07) is 3.65. The molecule has 1 aromatic rings. The van der Waals surface area contributed by atoms with Crippen LogP contribution in [0.15, 0.2) is 70.9 Å². The summed E-state index contributed by atoms with van der Waals surface area (Å²) in [4.78, 5) is 44.9. The third-order valence-electron chi connectivity index (χ3n) is 10.0. The number of ketones is 3. The highest BCUT2D eigenvalue weighted by Crippen LogP contribution is 2.66. The number of phenols is 2. The Hall–Kier alpha value is -3.67. The van der Waals surface area contributed by atoms with E-state index in [-0.39, 0.29) is 42.4 Å². The topological polar surface area (TPSA) is 112 Å². The quantitative estimate of drug-likeness (QED) is 0.0616. The lowest BCUT2D eigenvalue weighted by molar-refractivity contribution is -0.177. The predicted molar refractivity (Wildman–Crippen MR) is 176 cm³/mol. The molecule has 6 heteroatoms. The molecule has 2 saturated carbocycles. The van der Waals surface area contributed by atoms with Crippen molar-refractivity contribution in [3.05, 3.63) is 76.4 Å². The number of rotatable bonds is 10. The van der Waals surface area contributed by atoms with Crippen molar-refractivity contribution >= 4 is 23.1 Å². The van der Waals surface area contributed by atoms with E-state index in [0.717, 1.165) is 28.4 Å². The van der Waals surface area contributed by atoms with Crippen LogP contribution in [-0.4, -0.2) is 32.7 Å². The fourth-order valence-electron chi connectivity index (χ4n) is 7.08. The van der Waals surface area contributed by atoms with Crippen LogP contribution in [0.3, 0.4) is 0 Å². The number of Topliss-reactive ketones (excluding diaryl/α,β-unsaturated/α-hetero) is 3. The lowest BCUT2D eigenvalue weighted by Gasteiger charge is -2.60. The van der Waals surface area contributed by atoms with Gasteiger partial charge >= 0.3 is 0 Å². The molecular weight excluding hydrogens is 552 g/mol. The van der Waals surface area contributed by atoms with Gasteiger partial charge < -0.3 is 15.3 Å². The zero-order valence-electron chi connectivity index (χ0n) is 27.9. The van der Waals surface area contributed by atoms with E-state index in [4.69, 9.17) is 0 Å². The zero-order valence-corrected chi connectivity index (χ0v) is 27.9. The fourth-order valence-corrected chi connectivity index (χ4v) is 7.08. The van der Waals surface area contributed by atoms with Gasteiger partial charge in [-0.1, -0.05) is 60.9 Å². The number of carbonyl (C=O) groups excluding carboxylic acids is 3. The minimum atomic E-state index is -1.62. The number of aromatic hydroxyl groups is 2. The van der Waals surface area contributed by atoms with E-state index >= 15 is 4.79 Å². The molecule has 0 heterocycles. The average molecular weight is 603 g/mol. The van der Waals surface area contributed by atoms with E-state index in [2.05, 4.69) is 18.7 Å². The number of allylic oxidation sites excluding steroid dienone is 8. The van der Waals surface area contributed by atoms with Crippen molar-refractivity contribution in [2.24, 2.45) is 28.1 Å². The summed E-state index contributed by atoms with van der Waals surface area (Å²) >= 11 is 0. The summed E-state index contributed by atoms with van der Waals surface area (Å²) in [6.45, 7) is 21.9. The Morgan fingerprint density at radius 1 is 0.909 bits per heavy atom. The van der Waals surface area contributed by atoms with Gasteiger partial charge in [0.15, 0.2) is 28.8 Å². The highest BCUT2D eigenvalue weighted by atomic mass is 16.3. The van der Waals surface area contributed by atoms with Crippen molar-refractivity contribution in [1.82, 2.24) is 0 Å². The van der Waals surface area contributed by atoms with E-state index in [1.54, 1.807) is 0 Å². The summed E-state index contributed by atoms with van der Waals surface area (Å²) in [5.74, 6) is -3.61. The molecule has 2 aliphatic carbocycles. The van der Waals surface area contributed by atoms with Crippen LogP contribution in [0.1, 0.15) is 100.0 Å². The smallest absolute Gasteiger partial charge is 0.184 e. The third kappa shape index (κ3) is 6.00. The molecule has 3 N–H and O–H groups in total. The molecule has 0 spiro atoms. The van der Waals surface area contributed by atoms with Crippen molar-refractivity contribution in [3.8, 4) is 11.5 Å². The molecule has 0 aliphatic heterocycles. The second-order valence-corrected chi connectivity index (χ2v) is 14.3. The van der Waals surface area contributed by atoms with Crippen LogP contribution in [0.25, 0.3) is 5.76 Å². The number of aliphatic hydroxyl groups is 1.